The molecule has 128 valence electrons. The quantitative estimate of drug-likeness (QED) is 0.829. The normalized spacial score (nSPS) is 15.4. The van der Waals surface area contributed by atoms with Gasteiger partial charge in [-0.1, -0.05) is 37.5 Å². The molecule has 0 spiro atoms. The van der Waals surface area contributed by atoms with Crippen LogP contribution in [-0.4, -0.2) is 29.5 Å². The maximum Gasteiger partial charge on any atom is 0.253 e. The van der Waals surface area contributed by atoms with Gasteiger partial charge >= 0.3 is 0 Å². The average molecular weight is 327 g/mol. The Morgan fingerprint density at radius 3 is 2.58 bits per heavy atom. The summed E-state index contributed by atoms with van der Waals surface area (Å²) in [7, 11) is 1.93. The molecule has 0 saturated heterocycles. The summed E-state index contributed by atoms with van der Waals surface area (Å²) in [5, 5.41) is 6.79. The Bertz CT molecular complexity index is 729. The van der Waals surface area contributed by atoms with Crippen LogP contribution in [0.2, 0.25) is 0 Å². The van der Waals surface area contributed by atoms with E-state index in [0.717, 1.165) is 36.6 Å². The minimum atomic E-state index is -0.0984. The topological polar surface area (TPSA) is 63.1 Å². The van der Waals surface area contributed by atoms with Crippen LogP contribution in [0.4, 0.5) is 0 Å². The molecule has 1 heterocycles. The van der Waals surface area contributed by atoms with Gasteiger partial charge < -0.3 is 15.2 Å². The third kappa shape index (κ3) is 3.61. The number of fused-ring (bicyclic) bond motifs is 1. The number of aryl methyl sites for hydroxylation is 1. The van der Waals surface area contributed by atoms with Crippen molar-refractivity contribution in [1.82, 2.24) is 15.2 Å². The molecule has 1 aliphatic carbocycles. The predicted octanol–water partition coefficient (Wildman–Crippen LogP) is 2.60. The lowest BCUT2D eigenvalue weighted by Crippen LogP contribution is -2.38. The van der Waals surface area contributed by atoms with Gasteiger partial charge in [-0.3, -0.25) is 9.59 Å². The maximum atomic E-state index is 12.4. The van der Waals surface area contributed by atoms with Gasteiger partial charge in [-0.25, -0.2) is 0 Å². The lowest BCUT2D eigenvalue weighted by atomic mass is 9.89. The Morgan fingerprint density at radius 2 is 1.79 bits per heavy atom. The van der Waals surface area contributed by atoms with Gasteiger partial charge in [0.25, 0.3) is 5.91 Å². The summed E-state index contributed by atoms with van der Waals surface area (Å²) in [5.74, 6) is 0.195. The number of nitrogens with zero attached hydrogens (tertiary/aromatic N) is 1. The first kappa shape index (κ1) is 16.6. The third-order valence-corrected chi connectivity index (χ3v) is 4.83. The second-order valence-electron chi connectivity index (χ2n) is 6.55. The number of carbonyl (C=O) groups is 2. The Kier molecular flexibility index (Phi) is 5.18. The Labute approximate surface area is 142 Å². The number of para-hydroxylation sites is 1. The molecule has 5 heteroatoms. The fourth-order valence-corrected chi connectivity index (χ4v) is 3.49. The van der Waals surface area contributed by atoms with Crippen LogP contribution in [0.15, 0.2) is 30.5 Å². The number of rotatable bonds is 5. The van der Waals surface area contributed by atoms with Crippen LogP contribution >= 0.6 is 0 Å². The molecular weight excluding hydrogens is 302 g/mol. The van der Waals surface area contributed by atoms with Crippen LogP contribution < -0.4 is 10.6 Å². The standard InChI is InChI=1S/C19H25N3O2/c1-22-13-16(15-9-5-6-10-17(15)22)19(24)21-12-11-20-18(23)14-7-3-2-4-8-14/h5-6,9-10,13-14H,2-4,7-8,11-12H2,1H3,(H,20,23)(H,21,24). The molecule has 1 aliphatic rings. The smallest absolute Gasteiger partial charge is 0.253 e. The molecule has 2 N–H and O–H groups in total. The van der Waals surface area contributed by atoms with E-state index < -0.39 is 0 Å². The summed E-state index contributed by atoms with van der Waals surface area (Å²) < 4.78 is 1.95. The van der Waals surface area contributed by atoms with Gasteiger partial charge in [-0.15, -0.1) is 0 Å². The number of benzene rings is 1. The largest absolute Gasteiger partial charge is 0.354 e. The molecule has 1 aromatic carbocycles. The average Bonchev–Trinajstić information content (AvgIpc) is 2.96. The molecular formula is C19H25N3O2. The summed E-state index contributed by atoms with van der Waals surface area (Å²) in [4.78, 5) is 24.4. The van der Waals surface area contributed by atoms with Gasteiger partial charge in [0.05, 0.1) is 5.56 Å². The molecule has 0 bridgehead atoms. The number of amides is 2. The first-order chi connectivity index (χ1) is 11.7. The minimum Gasteiger partial charge on any atom is -0.354 e. The second-order valence-corrected chi connectivity index (χ2v) is 6.55. The number of hydrogen-bond donors (Lipinski definition) is 2. The first-order valence-electron chi connectivity index (χ1n) is 8.77. The highest BCUT2D eigenvalue weighted by Crippen LogP contribution is 2.23. The number of aromatic nitrogens is 1. The van der Waals surface area contributed by atoms with Crippen molar-refractivity contribution in [2.75, 3.05) is 13.1 Å². The maximum absolute atomic E-state index is 12.4. The molecule has 1 fully saturated rings. The Hall–Kier alpha value is -2.30. The summed E-state index contributed by atoms with van der Waals surface area (Å²) >= 11 is 0. The summed E-state index contributed by atoms with van der Waals surface area (Å²) in [5.41, 5.74) is 1.71. The van der Waals surface area contributed by atoms with E-state index in [9.17, 15) is 9.59 Å². The van der Waals surface area contributed by atoms with Crippen molar-refractivity contribution in [3.63, 3.8) is 0 Å². The monoisotopic (exact) mass is 327 g/mol. The zero-order chi connectivity index (χ0) is 16.9. The van der Waals surface area contributed by atoms with Crippen molar-refractivity contribution >= 4 is 22.7 Å². The molecule has 0 unspecified atom stereocenters. The first-order valence-corrected chi connectivity index (χ1v) is 8.77. The zero-order valence-electron chi connectivity index (χ0n) is 14.2. The molecule has 24 heavy (non-hydrogen) atoms. The van der Waals surface area contributed by atoms with Gasteiger partial charge in [0.2, 0.25) is 5.91 Å². The number of nitrogens with one attached hydrogen (secondary N) is 2. The van der Waals surface area contributed by atoms with Gasteiger partial charge in [0.1, 0.15) is 0 Å². The fraction of sp³-hybridized carbons (Fsp3) is 0.474. The van der Waals surface area contributed by atoms with Crippen molar-refractivity contribution in [3.05, 3.63) is 36.0 Å². The van der Waals surface area contributed by atoms with E-state index in [-0.39, 0.29) is 17.7 Å². The van der Waals surface area contributed by atoms with Crippen LogP contribution in [-0.2, 0) is 11.8 Å². The van der Waals surface area contributed by atoms with Gasteiger partial charge in [0, 0.05) is 43.2 Å². The van der Waals surface area contributed by atoms with Crippen LogP contribution in [0.5, 0.6) is 0 Å². The summed E-state index contributed by atoms with van der Waals surface area (Å²) in [6.45, 7) is 0.923. The van der Waals surface area contributed by atoms with Crippen molar-refractivity contribution < 1.29 is 9.59 Å². The van der Waals surface area contributed by atoms with E-state index in [4.69, 9.17) is 0 Å². The summed E-state index contributed by atoms with van der Waals surface area (Å²) in [6, 6.07) is 7.85. The highest BCUT2D eigenvalue weighted by atomic mass is 16.2. The van der Waals surface area contributed by atoms with Gasteiger partial charge in [0.15, 0.2) is 0 Å². The molecule has 0 radical (unpaired) electrons. The summed E-state index contributed by atoms with van der Waals surface area (Å²) in [6.07, 6.45) is 7.37. The Balaban J connectivity index is 1.49. The molecule has 1 aromatic heterocycles. The van der Waals surface area contributed by atoms with E-state index >= 15 is 0 Å². The van der Waals surface area contributed by atoms with E-state index in [1.54, 1.807) is 0 Å². The number of carbonyl (C=O) groups excluding carboxylic acids is 2. The predicted molar refractivity (Wildman–Crippen MR) is 94.8 cm³/mol. The van der Waals surface area contributed by atoms with E-state index in [2.05, 4.69) is 10.6 Å². The highest BCUT2D eigenvalue weighted by Gasteiger charge is 2.20. The SMILES string of the molecule is Cn1cc(C(=O)NCCNC(=O)C2CCCCC2)c2ccccc21. The van der Waals surface area contributed by atoms with Gasteiger partial charge in [-0.2, -0.15) is 0 Å². The van der Waals surface area contributed by atoms with Crippen LogP contribution in [0.25, 0.3) is 10.9 Å². The molecule has 0 atom stereocenters. The van der Waals surface area contributed by atoms with E-state index in [1.807, 2.05) is 42.1 Å². The lowest BCUT2D eigenvalue weighted by molar-refractivity contribution is -0.125. The number of hydrogen-bond acceptors (Lipinski definition) is 2. The van der Waals surface area contributed by atoms with Crippen molar-refractivity contribution in [2.24, 2.45) is 13.0 Å². The minimum absolute atomic E-state index is 0.0984. The highest BCUT2D eigenvalue weighted by molar-refractivity contribution is 6.06. The Morgan fingerprint density at radius 1 is 1.08 bits per heavy atom. The molecule has 3 rings (SSSR count). The van der Waals surface area contributed by atoms with Crippen LogP contribution in [0.1, 0.15) is 42.5 Å². The van der Waals surface area contributed by atoms with Crippen LogP contribution in [0.3, 0.4) is 0 Å². The van der Waals surface area contributed by atoms with Crippen molar-refractivity contribution in [3.8, 4) is 0 Å². The van der Waals surface area contributed by atoms with E-state index in [0.29, 0.717) is 18.7 Å². The molecule has 0 aliphatic heterocycles. The molecule has 2 aromatic rings. The zero-order valence-corrected chi connectivity index (χ0v) is 14.2. The molecule has 5 nitrogen and oxygen atoms in total. The van der Waals surface area contributed by atoms with Crippen molar-refractivity contribution in [2.45, 2.75) is 32.1 Å². The fourth-order valence-electron chi connectivity index (χ4n) is 3.49. The lowest BCUT2D eigenvalue weighted by Gasteiger charge is -2.20. The van der Waals surface area contributed by atoms with Gasteiger partial charge in [-0.05, 0) is 18.9 Å². The third-order valence-electron chi connectivity index (χ3n) is 4.83. The second kappa shape index (κ2) is 7.51. The molecule has 1 saturated carbocycles. The van der Waals surface area contributed by atoms with Crippen molar-refractivity contribution in [1.29, 1.82) is 0 Å². The van der Waals surface area contributed by atoms with Crippen LogP contribution in [0, 0.1) is 5.92 Å². The molecule has 2 amide bonds. The van der Waals surface area contributed by atoms with E-state index in [1.165, 1.54) is 6.42 Å².